The van der Waals surface area contributed by atoms with Gasteiger partial charge in [-0.1, -0.05) is 18.2 Å². The second-order valence-electron chi connectivity index (χ2n) is 6.34. The molecule has 0 bridgehead atoms. The smallest absolute Gasteiger partial charge is 0.417 e. The Hall–Kier alpha value is -3.23. The van der Waals surface area contributed by atoms with Crippen LogP contribution in [0.2, 0.25) is 0 Å². The van der Waals surface area contributed by atoms with Crippen molar-refractivity contribution in [2.24, 2.45) is 0 Å². The highest BCUT2D eigenvalue weighted by molar-refractivity contribution is 5.95. The number of carbonyl (C=O) groups is 2. The van der Waals surface area contributed by atoms with Gasteiger partial charge >= 0.3 is 6.18 Å². The van der Waals surface area contributed by atoms with Gasteiger partial charge in [0.1, 0.15) is 0 Å². The minimum atomic E-state index is -4.62. The molecule has 0 heterocycles. The standard InChI is InChI=1S/C21H23F3N2O4/c1-29-17-9-7-14(13-18(17)30-2)8-10-19(27)25-11-12-26-20(28)15-5-3-4-6-16(15)21(22,23)24/h3-7,9,13H,8,10-12H2,1-2H3,(H,25,27)(H,26,28). The zero-order valence-electron chi connectivity index (χ0n) is 16.6. The molecule has 2 aromatic rings. The van der Waals surface area contributed by atoms with E-state index in [-0.39, 0.29) is 25.4 Å². The Morgan fingerprint density at radius 1 is 0.933 bits per heavy atom. The SMILES string of the molecule is COc1ccc(CCC(=O)NCCNC(=O)c2ccccc2C(F)(F)F)cc1OC. The molecule has 2 rings (SSSR count). The third kappa shape index (κ3) is 6.40. The van der Waals surface area contributed by atoms with Gasteiger partial charge in [-0.05, 0) is 36.2 Å². The minimum absolute atomic E-state index is 0.00707. The van der Waals surface area contributed by atoms with Crippen LogP contribution in [0.3, 0.4) is 0 Å². The van der Waals surface area contributed by atoms with Crippen LogP contribution >= 0.6 is 0 Å². The molecule has 0 aliphatic carbocycles. The van der Waals surface area contributed by atoms with Gasteiger partial charge in [0.05, 0.1) is 25.3 Å². The van der Waals surface area contributed by atoms with Gasteiger partial charge in [-0.2, -0.15) is 13.2 Å². The van der Waals surface area contributed by atoms with Crippen LogP contribution < -0.4 is 20.1 Å². The Balaban J connectivity index is 1.77. The van der Waals surface area contributed by atoms with E-state index < -0.39 is 23.2 Å². The lowest BCUT2D eigenvalue weighted by Gasteiger charge is -2.13. The van der Waals surface area contributed by atoms with E-state index in [4.69, 9.17) is 9.47 Å². The maximum Gasteiger partial charge on any atom is 0.417 e. The summed E-state index contributed by atoms with van der Waals surface area (Å²) in [5.74, 6) is 0.0722. The molecule has 0 atom stereocenters. The van der Waals surface area contributed by atoms with Gasteiger partial charge in [0, 0.05) is 19.5 Å². The molecule has 0 spiro atoms. The quantitative estimate of drug-likeness (QED) is 0.606. The second kappa shape index (κ2) is 10.5. The van der Waals surface area contributed by atoms with Crippen molar-refractivity contribution in [1.82, 2.24) is 10.6 Å². The third-order valence-corrected chi connectivity index (χ3v) is 4.30. The van der Waals surface area contributed by atoms with E-state index in [0.717, 1.165) is 17.7 Å². The van der Waals surface area contributed by atoms with E-state index in [0.29, 0.717) is 17.9 Å². The van der Waals surface area contributed by atoms with Gasteiger partial charge in [-0.25, -0.2) is 0 Å². The summed E-state index contributed by atoms with van der Waals surface area (Å²) in [6.45, 7) is 0.109. The minimum Gasteiger partial charge on any atom is -0.493 e. The van der Waals surface area contributed by atoms with Crippen molar-refractivity contribution >= 4 is 11.8 Å². The molecule has 0 fully saturated rings. The molecular weight excluding hydrogens is 401 g/mol. The molecule has 9 heteroatoms. The Morgan fingerprint density at radius 3 is 2.27 bits per heavy atom. The summed E-state index contributed by atoms with van der Waals surface area (Å²) in [6, 6.07) is 9.90. The normalized spacial score (nSPS) is 11.0. The zero-order chi connectivity index (χ0) is 22.1. The Morgan fingerprint density at radius 2 is 1.60 bits per heavy atom. The third-order valence-electron chi connectivity index (χ3n) is 4.30. The maximum absolute atomic E-state index is 13.0. The van der Waals surface area contributed by atoms with E-state index in [1.165, 1.54) is 26.4 Å². The van der Waals surface area contributed by atoms with Crippen molar-refractivity contribution in [3.8, 4) is 11.5 Å². The summed E-state index contributed by atoms with van der Waals surface area (Å²) in [5.41, 5.74) is -0.564. The highest BCUT2D eigenvalue weighted by Crippen LogP contribution is 2.31. The summed E-state index contributed by atoms with van der Waals surface area (Å²) in [5, 5.41) is 5.01. The Labute approximate surface area is 172 Å². The molecule has 0 saturated heterocycles. The first-order chi connectivity index (χ1) is 14.3. The molecule has 2 amide bonds. The van der Waals surface area contributed by atoms with Gasteiger partial charge < -0.3 is 20.1 Å². The van der Waals surface area contributed by atoms with Crippen LogP contribution in [0.1, 0.15) is 27.9 Å². The van der Waals surface area contributed by atoms with Gasteiger partial charge in [0.25, 0.3) is 5.91 Å². The summed E-state index contributed by atoms with van der Waals surface area (Å²) in [7, 11) is 3.06. The number of aryl methyl sites for hydroxylation is 1. The van der Waals surface area contributed by atoms with Gasteiger partial charge in [0.15, 0.2) is 11.5 Å². The number of carbonyl (C=O) groups excluding carboxylic acids is 2. The molecule has 6 nitrogen and oxygen atoms in total. The highest BCUT2D eigenvalue weighted by Gasteiger charge is 2.34. The molecule has 0 aliphatic rings. The molecule has 0 aromatic heterocycles. The molecule has 2 aromatic carbocycles. The van der Waals surface area contributed by atoms with Crippen LogP contribution in [-0.4, -0.2) is 39.1 Å². The van der Waals surface area contributed by atoms with Crippen molar-refractivity contribution in [3.05, 3.63) is 59.2 Å². The summed E-state index contributed by atoms with van der Waals surface area (Å²) >= 11 is 0. The Bertz CT molecular complexity index is 885. The van der Waals surface area contributed by atoms with Crippen molar-refractivity contribution in [2.75, 3.05) is 27.3 Å². The fourth-order valence-electron chi connectivity index (χ4n) is 2.78. The number of benzene rings is 2. The molecule has 162 valence electrons. The van der Waals surface area contributed by atoms with Crippen LogP contribution in [-0.2, 0) is 17.4 Å². The Kier molecular flexibility index (Phi) is 8.08. The van der Waals surface area contributed by atoms with Gasteiger partial charge in [0.2, 0.25) is 5.91 Å². The number of halogens is 3. The van der Waals surface area contributed by atoms with Crippen LogP contribution in [0.15, 0.2) is 42.5 Å². The molecular formula is C21H23F3N2O4. The number of amides is 2. The van der Waals surface area contributed by atoms with Crippen LogP contribution in [0, 0.1) is 0 Å². The number of hydrogen-bond donors (Lipinski definition) is 2. The topological polar surface area (TPSA) is 76.7 Å². The number of nitrogens with one attached hydrogen (secondary N) is 2. The predicted molar refractivity (Wildman–Crippen MR) is 105 cm³/mol. The van der Waals surface area contributed by atoms with Crippen LogP contribution in [0.4, 0.5) is 13.2 Å². The molecule has 0 radical (unpaired) electrons. The molecule has 0 aliphatic heterocycles. The maximum atomic E-state index is 13.0. The molecule has 30 heavy (non-hydrogen) atoms. The highest BCUT2D eigenvalue weighted by atomic mass is 19.4. The van der Waals surface area contributed by atoms with Crippen molar-refractivity contribution in [2.45, 2.75) is 19.0 Å². The van der Waals surface area contributed by atoms with Crippen LogP contribution in [0.5, 0.6) is 11.5 Å². The monoisotopic (exact) mass is 424 g/mol. The fourth-order valence-corrected chi connectivity index (χ4v) is 2.78. The predicted octanol–water partition coefficient (Wildman–Crippen LogP) is 3.20. The van der Waals surface area contributed by atoms with Gasteiger partial charge in [-0.3, -0.25) is 9.59 Å². The van der Waals surface area contributed by atoms with Crippen molar-refractivity contribution in [3.63, 3.8) is 0 Å². The lowest BCUT2D eigenvalue weighted by molar-refractivity contribution is -0.138. The molecule has 0 saturated carbocycles. The number of alkyl halides is 3. The molecule has 0 unspecified atom stereocenters. The largest absolute Gasteiger partial charge is 0.493 e. The van der Waals surface area contributed by atoms with E-state index in [1.54, 1.807) is 12.1 Å². The number of methoxy groups -OCH3 is 2. The summed E-state index contributed by atoms with van der Waals surface area (Å²) < 4.78 is 49.3. The lowest BCUT2D eigenvalue weighted by atomic mass is 10.1. The number of hydrogen-bond acceptors (Lipinski definition) is 4. The van der Waals surface area contributed by atoms with E-state index >= 15 is 0 Å². The van der Waals surface area contributed by atoms with Crippen LogP contribution in [0.25, 0.3) is 0 Å². The lowest BCUT2D eigenvalue weighted by Crippen LogP contribution is -2.35. The first-order valence-electron chi connectivity index (χ1n) is 9.18. The zero-order valence-corrected chi connectivity index (χ0v) is 16.6. The summed E-state index contributed by atoms with van der Waals surface area (Å²) in [6.07, 6.45) is -3.94. The fraction of sp³-hybridized carbons (Fsp3) is 0.333. The average molecular weight is 424 g/mol. The average Bonchev–Trinajstić information content (AvgIpc) is 2.74. The number of ether oxygens (including phenoxy) is 2. The second-order valence-corrected chi connectivity index (χ2v) is 6.34. The van der Waals surface area contributed by atoms with Gasteiger partial charge in [-0.15, -0.1) is 0 Å². The number of rotatable bonds is 9. The molecule has 2 N–H and O–H groups in total. The first kappa shape index (κ1) is 23.1. The summed E-state index contributed by atoms with van der Waals surface area (Å²) in [4.78, 5) is 24.0. The van der Waals surface area contributed by atoms with E-state index in [2.05, 4.69) is 10.6 Å². The van der Waals surface area contributed by atoms with E-state index in [1.807, 2.05) is 6.07 Å². The van der Waals surface area contributed by atoms with E-state index in [9.17, 15) is 22.8 Å². The van der Waals surface area contributed by atoms with Crippen molar-refractivity contribution in [1.29, 1.82) is 0 Å². The first-order valence-corrected chi connectivity index (χ1v) is 9.18. The van der Waals surface area contributed by atoms with Crippen molar-refractivity contribution < 1.29 is 32.2 Å².